The van der Waals surface area contributed by atoms with Crippen LogP contribution in [0, 0.1) is 5.92 Å². The van der Waals surface area contributed by atoms with Crippen LogP contribution in [0.2, 0.25) is 0 Å². The number of benzene rings is 1. The number of carbonyl (C=O) groups is 2. The molecule has 1 aliphatic rings. The Kier molecular flexibility index (Phi) is 12.5. The van der Waals surface area contributed by atoms with Gasteiger partial charge in [0.15, 0.2) is 0 Å². The normalized spacial score (nSPS) is 20.6. The number of nitrogens with one attached hydrogen (secondary N) is 1. The molecule has 2 rings (SSSR count). The molecule has 190 valence electrons. The predicted octanol–water partition coefficient (Wildman–Crippen LogP) is 3.57. The molecule has 0 bridgehead atoms. The Morgan fingerprint density at radius 1 is 1.32 bits per heavy atom. The van der Waals surface area contributed by atoms with E-state index in [-0.39, 0.29) is 18.0 Å². The summed E-state index contributed by atoms with van der Waals surface area (Å²) in [6.45, 7) is 5.81. The van der Waals surface area contributed by atoms with Crippen molar-refractivity contribution in [1.82, 2.24) is 10.2 Å². The van der Waals surface area contributed by atoms with E-state index in [1.54, 1.807) is 11.8 Å². The summed E-state index contributed by atoms with van der Waals surface area (Å²) in [6.07, 6.45) is 8.97. The van der Waals surface area contributed by atoms with Crippen molar-refractivity contribution >= 4 is 36.3 Å². The number of aliphatic carboxylic acids is 1. The second-order valence-corrected chi connectivity index (χ2v) is 10.8. The lowest BCUT2D eigenvalue weighted by Gasteiger charge is -2.24. The third-order valence-electron chi connectivity index (χ3n) is 6.44. The Morgan fingerprint density at radius 2 is 2.03 bits per heavy atom. The molecule has 6 nitrogen and oxygen atoms in total. The lowest BCUT2D eigenvalue weighted by atomic mass is 9.95. The van der Waals surface area contributed by atoms with Crippen LogP contribution in [-0.2, 0) is 16.0 Å². The quantitative estimate of drug-likeness (QED) is 0.227. The lowest BCUT2D eigenvalue weighted by Crippen LogP contribution is -2.49. The van der Waals surface area contributed by atoms with E-state index in [9.17, 15) is 14.7 Å². The van der Waals surface area contributed by atoms with Crippen LogP contribution >= 0.6 is 24.4 Å². The van der Waals surface area contributed by atoms with Crippen LogP contribution in [-0.4, -0.2) is 70.9 Å². The maximum absolute atomic E-state index is 13.1. The number of hydrogen-bond acceptors (Lipinski definition) is 6. The Balaban J connectivity index is 2.03. The number of thioether (sulfide) groups is 1. The first-order valence-corrected chi connectivity index (χ1v) is 14.2. The average molecular weight is 508 g/mol. The topological polar surface area (TPSA) is 95.7 Å². The fraction of sp³-hybridized carbons (Fsp3) is 0.615. The summed E-state index contributed by atoms with van der Waals surface area (Å²) in [5.41, 5.74) is 8.59. The molecule has 0 aromatic heterocycles. The van der Waals surface area contributed by atoms with E-state index in [2.05, 4.69) is 61.0 Å². The van der Waals surface area contributed by atoms with Crippen molar-refractivity contribution in [3.63, 3.8) is 0 Å². The largest absolute Gasteiger partial charge is 0.480 e. The number of thiol groups is 1. The number of likely N-dealkylation sites (tertiary alicyclic amines) is 1. The summed E-state index contributed by atoms with van der Waals surface area (Å²) in [4.78, 5) is 26.9. The molecule has 1 amide bonds. The minimum atomic E-state index is -0.979. The molecule has 1 fully saturated rings. The Morgan fingerprint density at radius 3 is 2.62 bits per heavy atom. The highest BCUT2D eigenvalue weighted by Gasteiger charge is 2.37. The van der Waals surface area contributed by atoms with Gasteiger partial charge in [-0.05, 0) is 60.7 Å². The summed E-state index contributed by atoms with van der Waals surface area (Å²) < 4.78 is 0. The molecule has 0 saturated carbocycles. The van der Waals surface area contributed by atoms with Gasteiger partial charge in [0.05, 0.1) is 6.04 Å². The molecule has 0 aliphatic carbocycles. The van der Waals surface area contributed by atoms with E-state index in [1.165, 1.54) is 11.1 Å². The molecule has 4 atom stereocenters. The SMILES string of the molecule is CSCC[C@H](NC(=O)[C@@H]1C[C@H](CCc2ccc(C(C)C)cc2)CN1C/C=C/[C@@H](N)CS)C(=O)O. The van der Waals surface area contributed by atoms with Gasteiger partial charge in [0.25, 0.3) is 0 Å². The molecule has 8 heteroatoms. The molecule has 1 saturated heterocycles. The molecular weight excluding hydrogens is 466 g/mol. The van der Waals surface area contributed by atoms with Crippen LogP contribution < -0.4 is 11.1 Å². The number of amides is 1. The Labute approximate surface area is 214 Å². The van der Waals surface area contributed by atoms with E-state index >= 15 is 0 Å². The number of hydrogen-bond donors (Lipinski definition) is 4. The first kappa shape index (κ1) is 28.8. The van der Waals surface area contributed by atoms with Gasteiger partial charge in [-0.1, -0.05) is 50.3 Å². The maximum Gasteiger partial charge on any atom is 0.326 e. The van der Waals surface area contributed by atoms with Crippen molar-refractivity contribution < 1.29 is 14.7 Å². The summed E-state index contributed by atoms with van der Waals surface area (Å²) in [5, 5.41) is 12.3. The number of carboxylic acid groups (broad SMARTS) is 1. The molecule has 0 spiro atoms. The number of carboxylic acids is 1. The fourth-order valence-corrected chi connectivity index (χ4v) is 4.91. The highest BCUT2D eigenvalue weighted by Crippen LogP contribution is 2.28. The van der Waals surface area contributed by atoms with Gasteiger partial charge in [-0.2, -0.15) is 24.4 Å². The van der Waals surface area contributed by atoms with Gasteiger partial charge in [-0.25, -0.2) is 4.79 Å². The number of rotatable bonds is 14. The minimum Gasteiger partial charge on any atom is -0.480 e. The van der Waals surface area contributed by atoms with Crippen molar-refractivity contribution in [2.45, 2.75) is 63.6 Å². The first-order chi connectivity index (χ1) is 16.2. The van der Waals surface area contributed by atoms with E-state index < -0.39 is 12.0 Å². The third-order valence-corrected chi connectivity index (χ3v) is 7.51. The fourth-order valence-electron chi connectivity index (χ4n) is 4.31. The molecule has 34 heavy (non-hydrogen) atoms. The van der Waals surface area contributed by atoms with Crippen LogP contribution in [0.25, 0.3) is 0 Å². The second-order valence-electron chi connectivity index (χ2n) is 9.46. The number of carbonyl (C=O) groups excluding carboxylic acids is 1. The van der Waals surface area contributed by atoms with E-state index in [0.717, 1.165) is 25.8 Å². The highest BCUT2D eigenvalue weighted by molar-refractivity contribution is 7.98. The van der Waals surface area contributed by atoms with Gasteiger partial charge < -0.3 is 16.2 Å². The van der Waals surface area contributed by atoms with Gasteiger partial charge in [-0.3, -0.25) is 9.69 Å². The zero-order chi connectivity index (χ0) is 25.1. The minimum absolute atomic E-state index is 0.120. The average Bonchev–Trinajstić information content (AvgIpc) is 3.23. The van der Waals surface area contributed by atoms with Gasteiger partial charge in [0.1, 0.15) is 6.04 Å². The van der Waals surface area contributed by atoms with Crippen molar-refractivity contribution in [1.29, 1.82) is 0 Å². The van der Waals surface area contributed by atoms with E-state index in [0.29, 0.717) is 36.3 Å². The maximum atomic E-state index is 13.1. The number of aryl methyl sites for hydroxylation is 1. The van der Waals surface area contributed by atoms with E-state index in [1.807, 2.05) is 18.4 Å². The third kappa shape index (κ3) is 9.29. The second kappa shape index (κ2) is 14.8. The van der Waals surface area contributed by atoms with Gasteiger partial charge in [0, 0.05) is 24.9 Å². The Bertz CT molecular complexity index is 801. The monoisotopic (exact) mass is 507 g/mol. The highest BCUT2D eigenvalue weighted by atomic mass is 32.2. The molecule has 4 N–H and O–H groups in total. The van der Waals surface area contributed by atoms with Crippen molar-refractivity contribution in [3.8, 4) is 0 Å². The van der Waals surface area contributed by atoms with Crippen molar-refractivity contribution in [2.24, 2.45) is 11.7 Å². The Hall–Kier alpha value is -1.48. The van der Waals surface area contributed by atoms with Crippen molar-refractivity contribution in [3.05, 3.63) is 47.5 Å². The lowest BCUT2D eigenvalue weighted by molar-refractivity contribution is -0.142. The molecule has 1 aromatic carbocycles. The smallest absolute Gasteiger partial charge is 0.326 e. The summed E-state index contributed by atoms with van der Waals surface area (Å²) in [7, 11) is 0. The van der Waals surface area contributed by atoms with Gasteiger partial charge in [0.2, 0.25) is 5.91 Å². The summed E-state index contributed by atoms with van der Waals surface area (Å²) in [5.74, 6) is 0.980. The molecule has 1 aromatic rings. The first-order valence-electron chi connectivity index (χ1n) is 12.1. The number of nitrogens with zero attached hydrogens (tertiary/aromatic N) is 1. The van der Waals surface area contributed by atoms with Crippen LogP contribution in [0.5, 0.6) is 0 Å². The van der Waals surface area contributed by atoms with Crippen LogP contribution in [0.1, 0.15) is 50.2 Å². The van der Waals surface area contributed by atoms with Crippen molar-refractivity contribution in [2.75, 3.05) is 30.9 Å². The predicted molar refractivity (Wildman–Crippen MR) is 146 cm³/mol. The zero-order valence-corrected chi connectivity index (χ0v) is 22.4. The molecule has 1 aliphatic heterocycles. The molecule has 0 unspecified atom stereocenters. The standard InChI is InChI=1S/C26H41N3O3S2/c1-18(2)21-10-8-19(9-11-21)6-7-20-15-24(29(16-20)13-4-5-22(27)17-33)25(30)28-23(26(31)32)12-14-34-3/h4-5,8-11,18,20,22-24,33H,6-7,12-17,27H2,1-3H3,(H,28,30)(H,31,32)/b5-4+/t20-,22+,23-,24-/m0/s1. The summed E-state index contributed by atoms with van der Waals surface area (Å²) >= 11 is 5.79. The number of nitrogens with two attached hydrogens (primary N) is 1. The van der Waals surface area contributed by atoms with Gasteiger partial charge >= 0.3 is 5.97 Å². The van der Waals surface area contributed by atoms with E-state index in [4.69, 9.17) is 5.73 Å². The molecular formula is C26H41N3O3S2. The van der Waals surface area contributed by atoms with Crippen LogP contribution in [0.3, 0.4) is 0 Å². The molecule has 1 heterocycles. The van der Waals surface area contributed by atoms with Gasteiger partial charge in [-0.15, -0.1) is 0 Å². The van der Waals surface area contributed by atoms with Crippen LogP contribution in [0.15, 0.2) is 36.4 Å². The zero-order valence-electron chi connectivity index (χ0n) is 20.7. The van der Waals surface area contributed by atoms with Crippen LogP contribution in [0.4, 0.5) is 0 Å². The molecule has 0 radical (unpaired) electrons. The summed E-state index contributed by atoms with van der Waals surface area (Å²) in [6, 6.07) is 7.51.